The van der Waals surface area contributed by atoms with Gasteiger partial charge in [-0.3, -0.25) is 0 Å². The van der Waals surface area contributed by atoms with Crippen molar-refractivity contribution in [2.45, 2.75) is 25.9 Å². The Labute approximate surface area is 195 Å². The van der Waals surface area contributed by atoms with Crippen LogP contribution in [0.1, 0.15) is 28.4 Å². The second kappa shape index (κ2) is 11.9. The van der Waals surface area contributed by atoms with Crippen LogP contribution in [-0.2, 0) is 19.8 Å². The van der Waals surface area contributed by atoms with Crippen LogP contribution in [0.25, 0.3) is 0 Å². The second-order valence-corrected chi connectivity index (χ2v) is 7.92. The van der Waals surface area contributed by atoms with Crippen LogP contribution in [-0.4, -0.2) is 11.7 Å². The van der Waals surface area contributed by atoms with Gasteiger partial charge in [0.1, 0.15) is 24.7 Å². The number of aliphatic hydroxyl groups is 1. The van der Waals surface area contributed by atoms with E-state index in [0.29, 0.717) is 37.8 Å². The molecule has 0 aliphatic heterocycles. The van der Waals surface area contributed by atoms with Crippen molar-refractivity contribution >= 4 is 0 Å². The first-order valence-corrected chi connectivity index (χ1v) is 11.2. The lowest BCUT2D eigenvalue weighted by molar-refractivity contribution is 0.173. The smallest absolute Gasteiger partial charge is 0.123 e. The van der Waals surface area contributed by atoms with E-state index in [1.165, 1.54) is 5.56 Å². The number of nitrogens with one attached hydrogen (secondary N) is 1. The van der Waals surface area contributed by atoms with Gasteiger partial charge in [0.15, 0.2) is 0 Å². The minimum Gasteiger partial charge on any atom is -0.489 e. The highest BCUT2D eigenvalue weighted by molar-refractivity contribution is 5.40. The third kappa shape index (κ3) is 7.21. The molecule has 0 aromatic heterocycles. The maximum absolute atomic E-state index is 10.8. The van der Waals surface area contributed by atoms with E-state index in [9.17, 15) is 5.11 Å². The summed E-state index contributed by atoms with van der Waals surface area (Å²) < 4.78 is 12.1. The van der Waals surface area contributed by atoms with Gasteiger partial charge in [0, 0.05) is 19.2 Å². The number of benzene rings is 4. The van der Waals surface area contributed by atoms with Gasteiger partial charge >= 0.3 is 0 Å². The van der Waals surface area contributed by atoms with Crippen molar-refractivity contribution in [1.82, 2.24) is 5.32 Å². The molecule has 0 amide bonds. The molecule has 33 heavy (non-hydrogen) atoms. The van der Waals surface area contributed by atoms with Gasteiger partial charge in [-0.25, -0.2) is 0 Å². The first kappa shape index (κ1) is 22.6. The molecule has 4 aromatic rings. The van der Waals surface area contributed by atoms with Crippen LogP contribution in [0.5, 0.6) is 11.5 Å². The summed E-state index contributed by atoms with van der Waals surface area (Å²) in [5.41, 5.74) is 4.10. The number of hydrogen-bond acceptors (Lipinski definition) is 4. The molecule has 0 radical (unpaired) electrons. The Balaban J connectivity index is 1.44. The average molecular weight is 440 g/mol. The predicted octanol–water partition coefficient (Wildman–Crippen LogP) is 5.67. The van der Waals surface area contributed by atoms with Gasteiger partial charge < -0.3 is 19.9 Å². The lowest BCUT2D eigenvalue weighted by Crippen LogP contribution is -2.21. The maximum Gasteiger partial charge on any atom is 0.123 e. The zero-order chi connectivity index (χ0) is 22.7. The summed E-state index contributed by atoms with van der Waals surface area (Å²) in [6.07, 6.45) is -0.687. The third-order valence-electron chi connectivity index (χ3n) is 5.29. The van der Waals surface area contributed by atoms with Crippen molar-refractivity contribution in [2.24, 2.45) is 0 Å². The molecule has 0 saturated heterocycles. The molecule has 0 fully saturated rings. The van der Waals surface area contributed by atoms with E-state index in [1.807, 2.05) is 97.1 Å². The second-order valence-electron chi connectivity index (χ2n) is 7.92. The van der Waals surface area contributed by atoms with Gasteiger partial charge in [-0.1, -0.05) is 91.0 Å². The van der Waals surface area contributed by atoms with E-state index in [-0.39, 0.29) is 0 Å². The van der Waals surface area contributed by atoms with Gasteiger partial charge in [0.2, 0.25) is 0 Å². The molecule has 0 aliphatic rings. The number of rotatable bonds is 11. The molecular weight excluding hydrogens is 410 g/mol. The van der Waals surface area contributed by atoms with Gasteiger partial charge in [0.05, 0.1) is 6.10 Å². The van der Waals surface area contributed by atoms with Crippen molar-refractivity contribution < 1.29 is 14.6 Å². The third-order valence-corrected chi connectivity index (χ3v) is 5.29. The molecule has 4 heteroatoms. The van der Waals surface area contributed by atoms with E-state index in [2.05, 4.69) is 17.4 Å². The standard InChI is InChI=1S/C29H29NO3/c31-29(20-30-19-23-10-4-1-5-11-23)26-16-27(32-21-24-12-6-2-7-13-24)18-28(17-26)33-22-25-14-8-3-9-15-25/h1-18,29-31H,19-22H2. The molecule has 168 valence electrons. The largest absolute Gasteiger partial charge is 0.489 e. The Kier molecular flexibility index (Phi) is 8.12. The highest BCUT2D eigenvalue weighted by Gasteiger charge is 2.12. The zero-order valence-electron chi connectivity index (χ0n) is 18.6. The molecule has 0 heterocycles. The van der Waals surface area contributed by atoms with E-state index in [1.54, 1.807) is 0 Å². The van der Waals surface area contributed by atoms with E-state index >= 15 is 0 Å². The molecule has 1 unspecified atom stereocenters. The van der Waals surface area contributed by atoms with Crippen LogP contribution in [0, 0.1) is 0 Å². The predicted molar refractivity (Wildman–Crippen MR) is 131 cm³/mol. The lowest BCUT2D eigenvalue weighted by Gasteiger charge is -2.17. The normalized spacial score (nSPS) is 11.7. The van der Waals surface area contributed by atoms with Crippen molar-refractivity contribution in [3.8, 4) is 11.5 Å². The molecule has 0 saturated carbocycles. The monoisotopic (exact) mass is 439 g/mol. The Morgan fingerprint density at radius 1 is 0.606 bits per heavy atom. The highest BCUT2D eigenvalue weighted by Crippen LogP contribution is 2.28. The summed E-state index contributed by atoms with van der Waals surface area (Å²) in [7, 11) is 0. The van der Waals surface area contributed by atoms with Crippen molar-refractivity contribution in [2.75, 3.05) is 6.54 Å². The molecule has 0 spiro atoms. The van der Waals surface area contributed by atoms with Gasteiger partial charge in [-0.2, -0.15) is 0 Å². The maximum atomic E-state index is 10.8. The molecule has 0 bridgehead atoms. The van der Waals surface area contributed by atoms with Gasteiger partial charge in [0.25, 0.3) is 0 Å². The molecular formula is C29H29NO3. The number of hydrogen-bond donors (Lipinski definition) is 2. The molecule has 4 rings (SSSR count). The molecule has 4 nitrogen and oxygen atoms in total. The van der Waals surface area contributed by atoms with E-state index < -0.39 is 6.10 Å². The topological polar surface area (TPSA) is 50.7 Å². The summed E-state index contributed by atoms with van der Waals surface area (Å²) in [5, 5.41) is 14.2. The average Bonchev–Trinajstić information content (AvgIpc) is 2.88. The van der Waals surface area contributed by atoms with E-state index in [4.69, 9.17) is 9.47 Å². The van der Waals surface area contributed by atoms with Crippen LogP contribution in [0.2, 0.25) is 0 Å². The highest BCUT2D eigenvalue weighted by atomic mass is 16.5. The van der Waals surface area contributed by atoms with Crippen LogP contribution >= 0.6 is 0 Å². The van der Waals surface area contributed by atoms with Crippen molar-refractivity contribution in [3.05, 3.63) is 131 Å². The molecule has 4 aromatic carbocycles. The first-order valence-electron chi connectivity index (χ1n) is 11.2. The Morgan fingerprint density at radius 3 is 1.55 bits per heavy atom. The number of ether oxygens (including phenoxy) is 2. The minimum atomic E-state index is -0.687. The molecule has 1 atom stereocenters. The minimum absolute atomic E-state index is 0.426. The molecule has 0 aliphatic carbocycles. The van der Waals surface area contributed by atoms with Crippen LogP contribution < -0.4 is 14.8 Å². The SMILES string of the molecule is OC(CNCc1ccccc1)c1cc(OCc2ccccc2)cc(OCc2ccccc2)c1. The fourth-order valence-corrected chi connectivity index (χ4v) is 3.50. The number of aliphatic hydroxyl groups excluding tert-OH is 1. The van der Waals surface area contributed by atoms with Gasteiger partial charge in [-0.15, -0.1) is 0 Å². The quantitative estimate of drug-likeness (QED) is 0.316. The Bertz CT molecular complexity index is 1040. The van der Waals surface area contributed by atoms with E-state index in [0.717, 1.165) is 16.7 Å². The Hall–Kier alpha value is -3.60. The lowest BCUT2D eigenvalue weighted by atomic mass is 10.1. The fraction of sp³-hybridized carbons (Fsp3) is 0.172. The summed E-state index contributed by atoms with van der Waals surface area (Å²) >= 11 is 0. The molecule has 2 N–H and O–H groups in total. The Morgan fingerprint density at radius 2 is 1.06 bits per heavy atom. The summed E-state index contributed by atoms with van der Waals surface area (Å²) in [4.78, 5) is 0. The summed E-state index contributed by atoms with van der Waals surface area (Å²) in [6.45, 7) is 2.02. The van der Waals surface area contributed by atoms with Crippen molar-refractivity contribution in [3.63, 3.8) is 0 Å². The van der Waals surface area contributed by atoms with Crippen LogP contribution in [0.3, 0.4) is 0 Å². The van der Waals surface area contributed by atoms with Crippen LogP contribution in [0.15, 0.2) is 109 Å². The first-order chi connectivity index (χ1) is 16.3. The van der Waals surface area contributed by atoms with Crippen LogP contribution in [0.4, 0.5) is 0 Å². The summed E-state index contributed by atoms with van der Waals surface area (Å²) in [6, 6.07) is 35.8. The summed E-state index contributed by atoms with van der Waals surface area (Å²) in [5.74, 6) is 1.34. The fourth-order valence-electron chi connectivity index (χ4n) is 3.50. The van der Waals surface area contributed by atoms with Crippen molar-refractivity contribution in [1.29, 1.82) is 0 Å². The van der Waals surface area contributed by atoms with Gasteiger partial charge in [-0.05, 0) is 34.4 Å². The zero-order valence-corrected chi connectivity index (χ0v) is 18.6.